The Kier molecular flexibility index (Phi) is 2.83. The molecule has 0 saturated heterocycles. The smallest absolute Gasteiger partial charge is 0.259 e. The van der Waals surface area contributed by atoms with E-state index < -0.39 is 0 Å². The van der Waals surface area contributed by atoms with Crippen LogP contribution in [-0.2, 0) is 0 Å². The minimum absolute atomic E-state index is 0.0440. The predicted molar refractivity (Wildman–Crippen MR) is 77.9 cm³/mol. The van der Waals surface area contributed by atoms with Gasteiger partial charge in [0, 0.05) is 35.1 Å². The quantitative estimate of drug-likeness (QED) is 0.778. The summed E-state index contributed by atoms with van der Waals surface area (Å²) in [6.07, 6.45) is 1.87. The zero-order valence-corrected chi connectivity index (χ0v) is 11.5. The number of H-pyrrole nitrogens is 1. The number of aryl methyl sites for hydroxylation is 1. The molecule has 0 aliphatic carbocycles. The summed E-state index contributed by atoms with van der Waals surface area (Å²) in [5, 5.41) is 3.69. The first-order valence-corrected chi connectivity index (χ1v) is 6.80. The lowest BCUT2D eigenvalue weighted by Gasteiger charge is -2.13. The maximum absolute atomic E-state index is 12.4. The monoisotopic (exact) mass is 271 g/mol. The Morgan fingerprint density at radius 1 is 1.37 bits per heavy atom. The second kappa shape index (κ2) is 4.51. The van der Waals surface area contributed by atoms with Crippen LogP contribution in [-0.4, -0.2) is 22.9 Å². The summed E-state index contributed by atoms with van der Waals surface area (Å²) in [5.41, 5.74) is 2.63. The molecule has 3 rings (SSSR count). The lowest BCUT2D eigenvalue weighted by atomic mass is 10.1. The topological polar surface area (TPSA) is 49.0 Å². The third-order valence-corrected chi connectivity index (χ3v) is 4.03. The minimum Gasteiger partial charge on any atom is -0.361 e. The van der Waals surface area contributed by atoms with Crippen molar-refractivity contribution in [1.29, 1.82) is 0 Å². The highest BCUT2D eigenvalue weighted by Gasteiger charge is 2.16. The lowest BCUT2D eigenvalue weighted by molar-refractivity contribution is 0.0993. The molecule has 19 heavy (non-hydrogen) atoms. The highest BCUT2D eigenvalue weighted by molar-refractivity contribution is 7.14. The molecule has 0 aliphatic heterocycles. The molecule has 1 amide bonds. The Morgan fingerprint density at radius 2 is 2.21 bits per heavy atom. The van der Waals surface area contributed by atoms with Gasteiger partial charge < -0.3 is 4.98 Å². The van der Waals surface area contributed by atoms with Crippen molar-refractivity contribution in [2.45, 2.75) is 6.92 Å². The molecular formula is C14H13N3OS. The molecule has 0 atom stereocenters. The molecule has 4 nitrogen and oxygen atoms in total. The molecule has 0 unspecified atom stereocenters. The molecule has 1 aromatic carbocycles. The molecule has 2 heterocycles. The molecule has 2 aromatic heterocycles. The van der Waals surface area contributed by atoms with Crippen LogP contribution in [0.3, 0.4) is 0 Å². The van der Waals surface area contributed by atoms with Gasteiger partial charge in [-0.15, -0.1) is 11.3 Å². The van der Waals surface area contributed by atoms with E-state index in [0.717, 1.165) is 21.7 Å². The van der Waals surface area contributed by atoms with Crippen molar-refractivity contribution >= 4 is 33.3 Å². The van der Waals surface area contributed by atoms with Gasteiger partial charge in [-0.2, -0.15) is 0 Å². The molecule has 0 spiro atoms. The van der Waals surface area contributed by atoms with Gasteiger partial charge in [-0.25, -0.2) is 4.98 Å². The molecule has 5 heteroatoms. The standard InChI is InChI=1S/C14H13N3OS/c1-9-8-19-14(16-9)17(2)13(18)11-3-4-12-10(7-11)5-6-15-12/h3-8,15H,1-2H3. The Bertz CT molecular complexity index is 744. The molecule has 3 aromatic rings. The number of nitrogens with one attached hydrogen (secondary N) is 1. The summed E-state index contributed by atoms with van der Waals surface area (Å²) in [7, 11) is 1.75. The van der Waals surface area contributed by atoms with Crippen LogP contribution in [0.4, 0.5) is 5.13 Å². The fourth-order valence-electron chi connectivity index (χ4n) is 1.96. The molecule has 96 valence electrons. The average Bonchev–Trinajstić information content (AvgIpc) is 3.04. The highest BCUT2D eigenvalue weighted by Crippen LogP contribution is 2.22. The Hall–Kier alpha value is -2.14. The number of hydrogen-bond acceptors (Lipinski definition) is 3. The van der Waals surface area contributed by atoms with Gasteiger partial charge in [0.1, 0.15) is 0 Å². The number of rotatable bonds is 2. The van der Waals surface area contributed by atoms with Gasteiger partial charge in [-0.05, 0) is 31.2 Å². The summed E-state index contributed by atoms with van der Waals surface area (Å²) >= 11 is 1.47. The van der Waals surface area contributed by atoms with Crippen LogP contribution in [0, 0.1) is 6.92 Å². The number of aromatic nitrogens is 2. The number of anilines is 1. The number of benzene rings is 1. The number of aromatic amines is 1. The van der Waals surface area contributed by atoms with Crippen LogP contribution < -0.4 is 4.90 Å². The van der Waals surface area contributed by atoms with E-state index in [9.17, 15) is 4.79 Å². The second-order valence-electron chi connectivity index (χ2n) is 4.42. The van der Waals surface area contributed by atoms with Crippen molar-refractivity contribution < 1.29 is 4.79 Å². The van der Waals surface area contributed by atoms with Gasteiger partial charge in [-0.3, -0.25) is 9.69 Å². The second-order valence-corrected chi connectivity index (χ2v) is 5.25. The van der Waals surface area contributed by atoms with E-state index in [1.807, 2.05) is 42.8 Å². The van der Waals surface area contributed by atoms with Crippen molar-refractivity contribution in [3.63, 3.8) is 0 Å². The summed E-state index contributed by atoms with van der Waals surface area (Å²) in [4.78, 5) is 21.4. The third kappa shape index (κ3) is 2.13. The number of hydrogen-bond donors (Lipinski definition) is 1. The predicted octanol–water partition coefficient (Wildman–Crippen LogP) is 3.21. The SMILES string of the molecule is Cc1csc(N(C)C(=O)c2ccc3[nH]ccc3c2)n1. The first-order chi connectivity index (χ1) is 9.15. The minimum atomic E-state index is -0.0440. The molecule has 0 fully saturated rings. The van der Waals surface area contributed by atoms with Crippen LogP contribution >= 0.6 is 11.3 Å². The third-order valence-electron chi connectivity index (χ3n) is 3.00. The number of nitrogens with zero attached hydrogens (tertiary/aromatic N) is 2. The van der Waals surface area contributed by atoms with Crippen LogP contribution in [0.5, 0.6) is 0 Å². The molecule has 1 N–H and O–H groups in total. The zero-order valence-electron chi connectivity index (χ0n) is 10.7. The fraction of sp³-hybridized carbons (Fsp3) is 0.143. The van der Waals surface area contributed by atoms with Gasteiger partial charge in [0.15, 0.2) is 5.13 Å². The van der Waals surface area contributed by atoms with Crippen molar-refractivity contribution in [3.8, 4) is 0 Å². The van der Waals surface area contributed by atoms with Crippen LogP contribution in [0.25, 0.3) is 10.9 Å². The Morgan fingerprint density at radius 3 is 2.95 bits per heavy atom. The van der Waals surface area contributed by atoms with Crippen molar-refractivity contribution in [3.05, 3.63) is 47.1 Å². The summed E-state index contributed by atoms with van der Waals surface area (Å²) < 4.78 is 0. The summed E-state index contributed by atoms with van der Waals surface area (Å²) in [5.74, 6) is -0.0440. The van der Waals surface area contributed by atoms with Crippen LogP contribution in [0.2, 0.25) is 0 Å². The lowest BCUT2D eigenvalue weighted by Crippen LogP contribution is -2.26. The fourth-order valence-corrected chi connectivity index (χ4v) is 2.73. The first kappa shape index (κ1) is 11.9. The number of thiazole rings is 1. The Labute approximate surface area is 114 Å². The first-order valence-electron chi connectivity index (χ1n) is 5.92. The molecular weight excluding hydrogens is 258 g/mol. The van der Waals surface area contributed by atoms with Crippen molar-refractivity contribution in [2.75, 3.05) is 11.9 Å². The van der Waals surface area contributed by atoms with Crippen LogP contribution in [0.1, 0.15) is 16.1 Å². The normalized spacial score (nSPS) is 10.8. The van der Waals surface area contributed by atoms with E-state index in [-0.39, 0.29) is 5.91 Å². The van der Waals surface area contributed by atoms with E-state index in [1.165, 1.54) is 11.3 Å². The molecule has 0 radical (unpaired) electrons. The number of amides is 1. The number of carbonyl (C=O) groups is 1. The van der Waals surface area contributed by atoms with Gasteiger partial charge in [0.2, 0.25) is 0 Å². The van der Waals surface area contributed by atoms with E-state index in [2.05, 4.69) is 9.97 Å². The van der Waals surface area contributed by atoms with Crippen molar-refractivity contribution in [2.24, 2.45) is 0 Å². The molecule has 0 bridgehead atoms. The molecule has 0 saturated carbocycles. The van der Waals surface area contributed by atoms with E-state index in [0.29, 0.717) is 5.56 Å². The van der Waals surface area contributed by atoms with Crippen molar-refractivity contribution in [1.82, 2.24) is 9.97 Å². The highest BCUT2D eigenvalue weighted by atomic mass is 32.1. The van der Waals surface area contributed by atoms with E-state index in [1.54, 1.807) is 11.9 Å². The summed E-state index contributed by atoms with van der Waals surface area (Å²) in [6.45, 7) is 1.92. The van der Waals surface area contributed by atoms with Gasteiger partial charge in [0.05, 0.1) is 5.69 Å². The maximum atomic E-state index is 12.4. The average molecular weight is 271 g/mol. The Balaban J connectivity index is 1.94. The van der Waals surface area contributed by atoms with Gasteiger partial charge >= 0.3 is 0 Å². The number of fused-ring (bicyclic) bond motifs is 1. The van der Waals surface area contributed by atoms with E-state index in [4.69, 9.17) is 0 Å². The van der Waals surface area contributed by atoms with E-state index >= 15 is 0 Å². The van der Waals surface area contributed by atoms with Gasteiger partial charge in [-0.1, -0.05) is 0 Å². The van der Waals surface area contributed by atoms with Gasteiger partial charge in [0.25, 0.3) is 5.91 Å². The zero-order chi connectivity index (χ0) is 13.4. The summed E-state index contributed by atoms with van der Waals surface area (Å²) in [6, 6.07) is 7.60. The molecule has 0 aliphatic rings. The maximum Gasteiger partial charge on any atom is 0.259 e. The largest absolute Gasteiger partial charge is 0.361 e. The van der Waals surface area contributed by atoms with Crippen LogP contribution in [0.15, 0.2) is 35.8 Å². The number of carbonyl (C=O) groups excluding carboxylic acids is 1.